The number of aliphatic hydroxyl groups excluding tert-OH is 1. The predicted octanol–water partition coefficient (Wildman–Crippen LogP) is -1.03. The molecule has 0 bridgehead atoms. The number of hydrogen-bond donors (Lipinski definition) is 12. The molecule has 0 unspecified atom stereocenters. The van der Waals surface area contributed by atoms with E-state index in [1.165, 1.54) is 55.4 Å². The minimum Gasteiger partial charge on any atom is -0.508 e. The Labute approximate surface area is 457 Å². The molecule has 424 valence electrons. The molecule has 1 aliphatic rings. The summed E-state index contributed by atoms with van der Waals surface area (Å²) < 4.78 is 0. The number of nitrogens with two attached hydrogens (primary N) is 3. The lowest BCUT2D eigenvalue weighted by molar-refractivity contribution is -0.142. The van der Waals surface area contributed by atoms with Crippen molar-refractivity contribution < 1.29 is 53.4 Å². The average Bonchev–Trinajstić information content (AvgIpc) is 3.94. The van der Waals surface area contributed by atoms with E-state index in [1.54, 1.807) is 18.2 Å². The van der Waals surface area contributed by atoms with Gasteiger partial charge in [-0.2, -0.15) is 0 Å². The molecule has 4 aromatic rings. The van der Waals surface area contributed by atoms with Gasteiger partial charge < -0.3 is 69.5 Å². The number of aliphatic imine (C=N–C) groups is 1. The largest absolute Gasteiger partial charge is 0.508 e. The summed E-state index contributed by atoms with van der Waals surface area (Å²) in [6.45, 7) is 5.60. The Balaban J connectivity index is 1.39. The molecule has 3 aromatic carbocycles. The minimum atomic E-state index is -1.64. The number of primary amides is 1. The molecule has 8 atom stereocenters. The molecule has 0 aliphatic carbocycles. The number of aromatic nitrogens is 1. The second-order valence-corrected chi connectivity index (χ2v) is 20.0. The number of likely N-dealkylation sites (tertiary alicyclic amines) is 1. The third kappa shape index (κ3) is 19.1. The highest BCUT2D eigenvalue weighted by Gasteiger charge is 2.40. The van der Waals surface area contributed by atoms with Crippen molar-refractivity contribution in [1.82, 2.24) is 47.1 Å². The highest BCUT2D eigenvalue weighted by Crippen LogP contribution is 2.21. The molecule has 0 radical (unpaired) electrons. The number of nitrogens with one attached hydrogen (secondary N) is 7. The summed E-state index contributed by atoms with van der Waals surface area (Å²) in [6.07, 6.45) is 3.64. The Hall–Kier alpha value is -8.67. The number of aliphatic hydroxyl groups is 1. The first-order chi connectivity index (χ1) is 37.6. The molecule has 1 aliphatic heterocycles. The Bertz CT molecular complexity index is 2810. The molecule has 0 spiro atoms. The van der Waals surface area contributed by atoms with Gasteiger partial charge in [0.25, 0.3) is 0 Å². The van der Waals surface area contributed by atoms with Crippen molar-refractivity contribution >= 4 is 69.9 Å². The van der Waals surface area contributed by atoms with Crippen LogP contribution in [0.4, 0.5) is 0 Å². The highest BCUT2D eigenvalue weighted by atomic mass is 16.3. The van der Waals surface area contributed by atoms with Crippen LogP contribution in [0.5, 0.6) is 5.75 Å². The fourth-order valence-corrected chi connectivity index (χ4v) is 9.00. The van der Waals surface area contributed by atoms with Crippen LogP contribution >= 0.6 is 0 Å². The van der Waals surface area contributed by atoms with E-state index in [1.807, 2.05) is 50.2 Å². The van der Waals surface area contributed by atoms with Gasteiger partial charge in [-0.3, -0.25) is 53.1 Å². The zero-order chi connectivity index (χ0) is 57.8. The molecule has 1 saturated heterocycles. The number of phenolic OH excluding ortho intramolecular Hbond substituents is 1. The van der Waals surface area contributed by atoms with Gasteiger partial charge in [0.05, 0.1) is 6.61 Å². The number of benzene rings is 3. The molecule has 1 aromatic heterocycles. The topological polar surface area (TPSA) is 385 Å². The number of carbonyl (C=O) groups excluding carboxylic acids is 9. The Kier molecular flexibility index (Phi) is 23.0. The first kappa shape index (κ1) is 61.2. The van der Waals surface area contributed by atoms with E-state index in [2.05, 4.69) is 47.2 Å². The lowest BCUT2D eigenvalue weighted by atomic mass is 9.99. The van der Waals surface area contributed by atoms with Crippen molar-refractivity contribution in [3.63, 3.8) is 0 Å². The SMILES string of the molecule is CC(=O)N[C@@H](Cc1ccc2ccccc2c1)C(=O)N[C@@H](CO)C(=O)N[C@@H](Cc1ccc(O)cc1)C(=O)N[C@@H](Cc1cccnc1)C(=O)N[C@@H](CC(C)C)C(=O)N[C@@H](CCCN=C(N)N)C(=O)N1CCC[C@H]1C(=O)N[C@H](C)C(N)=O. The number of carbonyl (C=O) groups is 9. The number of phenols is 1. The maximum Gasteiger partial charge on any atom is 0.245 e. The van der Waals surface area contributed by atoms with Crippen LogP contribution in [-0.4, -0.2) is 147 Å². The Morgan fingerprint density at radius 2 is 1.22 bits per heavy atom. The van der Waals surface area contributed by atoms with E-state index in [0.717, 1.165) is 10.8 Å². The molecular weight excluding hydrogens is 1020 g/mol. The van der Waals surface area contributed by atoms with Gasteiger partial charge >= 0.3 is 0 Å². The van der Waals surface area contributed by atoms with Crippen molar-refractivity contribution in [2.45, 2.75) is 127 Å². The molecule has 5 rings (SSSR count). The van der Waals surface area contributed by atoms with E-state index in [-0.39, 0.29) is 75.7 Å². The van der Waals surface area contributed by atoms with Crippen LogP contribution < -0.4 is 54.4 Å². The fourth-order valence-electron chi connectivity index (χ4n) is 9.00. The van der Waals surface area contributed by atoms with Crippen LogP contribution in [0, 0.1) is 5.92 Å². The molecule has 79 heavy (non-hydrogen) atoms. The molecule has 1 fully saturated rings. The second kappa shape index (κ2) is 29.7. The third-order valence-electron chi connectivity index (χ3n) is 13.1. The zero-order valence-corrected chi connectivity index (χ0v) is 44.8. The predicted molar refractivity (Wildman–Crippen MR) is 293 cm³/mol. The molecule has 24 heteroatoms. The Morgan fingerprint density at radius 3 is 1.81 bits per heavy atom. The smallest absolute Gasteiger partial charge is 0.245 e. The Morgan fingerprint density at radius 1 is 0.658 bits per heavy atom. The third-order valence-corrected chi connectivity index (χ3v) is 13.1. The van der Waals surface area contributed by atoms with Crippen molar-refractivity contribution in [2.75, 3.05) is 19.7 Å². The van der Waals surface area contributed by atoms with E-state index >= 15 is 0 Å². The first-order valence-electron chi connectivity index (χ1n) is 26.1. The van der Waals surface area contributed by atoms with Crippen LogP contribution in [0.3, 0.4) is 0 Å². The number of guanidine groups is 1. The van der Waals surface area contributed by atoms with Crippen LogP contribution in [0.1, 0.15) is 76.5 Å². The van der Waals surface area contributed by atoms with Crippen molar-refractivity contribution in [1.29, 1.82) is 0 Å². The number of rotatable bonds is 28. The van der Waals surface area contributed by atoms with E-state index in [4.69, 9.17) is 17.2 Å². The van der Waals surface area contributed by atoms with Crippen LogP contribution in [-0.2, 0) is 62.4 Å². The summed E-state index contributed by atoms with van der Waals surface area (Å²) in [5, 5.41) is 40.9. The molecule has 9 amide bonds. The van der Waals surface area contributed by atoms with Gasteiger partial charge in [-0.1, -0.05) is 74.5 Å². The molecular formula is C55H73N13O11. The molecule has 15 N–H and O–H groups in total. The standard InChI is InChI=1S/C55H73N13O11/c1-31(2)24-41(48(73)63-40(13-8-22-60-55(57)58)54(79)68-23-9-14-46(68)53(78)61-32(3)47(56)72)64-51(76)44(28-36-10-7-21-59-29-36)65-50(75)43(26-34-16-19-39(71)20-17-34)66-52(77)45(30-69)67-49(74)42(62-33(4)70)27-35-15-18-37-11-5-6-12-38(37)25-35/h5-7,10-12,15-21,25,29,31-32,40-46,69,71H,8-9,13-14,22-24,26-28,30H2,1-4H3,(H2,56,72)(H,61,78)(H,62,70)(H,63,73)(H,64,76)(H,65,75)(H,66,77)(H,67,74)(H4,57,58,60)/t32-,40+,41+,42+,43+,44+,45+,46+/m1/s1. The summed E-state index contributed by atoms with van der Waals surface area (Å²) in [6, 6.07) is 11.9. The summed E-state index contributed by atoms with van der Waals surface area (Å²) in [7, 11) is 0. The van der Waals surface area contributed by atoms with Gasteiger partial charge in [0.15, 0.2) is 5.96 Å². The van der Waals surface area contributed by atoms with Crippen LogP contribution in [0.2, 0.25) is 0 Å². The quantitative estimate of drug-likeness (QED) is 0.0184. The number of hydrogen-bond acceptors (Lipinski definition) is 13. The molecule has 24 nitrogen and oxygen atoms in total. The number of fused-ring (bicyclic) bond motifs is 1. The van der Waals surface area contributed by atoms with Crippen LogP contribution in [0.25, 0.3) is 10.8 Å². The van der Waals surface area contributed by atoms with Gasteiger partial charge in [-0.05, 0) is 90.6 Å². The van der Waals surface area contributed by atoms with Gasteiger partial charge in [0, 0.05) is 51.7 Å². The maximum atomic E-state index is 14.6. The lowest BCUT2D eigenvalue weighted by Gasteiger charge is -2.31. The van der Waals surface area contributed by atoms with E-state index in [0.29, 0.717) is 23.1 Å². The molecule has 2 heterocycles. The zero-order valence-electron chi connectivity index (χ0n) is 44.8. The van der Waals surface area contributed by atoms with Gasteiger partial charge in [0.1, 0.15) is 54.1 Å². The molecule has 0 saturated carbocycles. The minimum absolute atomic E-state index is 0.0160. The number of amides is 9. The fraction of sp³-hybridized carbons (Fsp3) is 0.436. The number of aromatic hydroxyl groups is 1. The number of nitrogens with zero attached hydrogens (tertiary/aromatic N) is 3. The van der Waals surface area contributed by atoms with Crippen molar-refractivity contribution in [2.24, 2.45) is 28.1 Å². The van der Waals surface area contributed by atoms with Crippen molar-refractivity contribution in [3.05, 3.63) is 108 Å². The monoisotopic (exact) mass is 1090 g/mol. The second-order valence-electron chi connectivity index (χ2n) is 20.0. The number of pyridine rings is 1. The summed E-state index contributed by atoms with van der Waals surface area (Å²) in [5.74, 6) is -7.26. The van der Waals surface area contributed by atoms with Crippen LogP contribution in [0.15, 0.2) is 96.2 Å². The lowest BCUT2D eigenvalue weighted by Crippen LogP contribution is -2.61. The van der Waals surface area contributed by atoms with Gasteiger partial charge in [-0.25, -0.2) is 0 Å². The summed E-state index contributed by atoms with van der Waals surface area (Å²) >= 11 is 0. The highest BCUT2D eigenvalue weighted by molar-refractivity contribution is 5.98. The van der Waals surface area contributed by atoms with E-state index < -0.39 is 108 Å². The first-order valence-corrected chi connectivity index (χ1v) is 26.1. The summed E-state index contributed by atoms with van der Waals surface area (Å²) in [4.78, 5) is 133. The van der Waals surface area contributed by atoms with Crippen molar-refractivity contribution in [3.8, 4) is 5.75 Å². The van der Waals surface area contributed by atoms with Gasteiger partial charge in [-0.15, -0.1) is 0 Å². The summed E-state index contributed by atoms with van der Waals surface area (Å²) in [5.41, 5.74) is 18.1. The normalized spacial score (nSPS) is 15.7. The van der Waals surface area contributed by atoms with E-state index in [9.17, 15) is 53.4 Å². The maximum absolute atomic E-state index is 14.6. The average molecular weight is 1090 g/mol. The van der Waals surface area contributed by atoms with Gasteiger partial charge in [0.2, 0.25) is 53.2 Å².